The molecule has 3 aromatic carbocycles. The molecule has 0 fully saturated rings. The van der Waals surface area contributed by atoms with E-state index in [9.17, 15) is 9.59 Å². The number of carbonyl (C=O) groups excluding carboxylic acids is 1. The van der Waals surface area contributed by atoms with E-state index in [4.69, 9.17) is 20.3 Å². The highest BCUT2D eigenvalue weighted by Crippen LogP contribution is 2.32. The number of nitrogens with two attached hydrogens (primary N) is 1. The first-order chi connectivity index (χ1) is 20.3. The van der Waals surface area contributed by atoms with Gasteiger partial charge >= 0.3 is 11.5 Å². The molecule has 3 aromatic heterocycles. The van der Waals surface area contributed by atoms with Crippen molar-refractivity contribution in [2.45, 2.75) is 40.3 Å². The van der Waals surface area contributed by atoms with E-state index in [1.165, 1.54) is 6.92 Å². The monoisotopic (exact) mass is 562 g/mol. The van der Waals surface area contributed by atoms with E-state index in [-0.39, 0.29) is 5.69 Å². The molecule has 10 nitrogen and oxygen atoms in total. The molecule has 0 unspecified atom stereocenters. The third-order valence-electron chi connectivity index (χ3n) is 7.19. The van der Waals surface area contributed by atoms with Gasteiger partial charge in [-0.05, 0) is 56.6 Å². The first-order valence-electron chi connectivity index (χ1n) is 13.7. The number of hydrogen-bond donors (Lipinski definition) is 1. The molecule has 0 aliphatic carbocycles. The van der Waals surface area contributed by atoms with Crippen LogP contribution in [0.25, 0.3) is 44.2 Å². The topological polar surface area (TPSA) is 127 Å². The van der Waals surface area contributed by atoms with E-state index in [0.717, 1.165) is 39.0 Å². The number of fused-ring (bicyclic) bond motifs is 3. The van der Waals surface area contributed by atoms with E-state index in [1.54, 1.807) is 12.1 Å². The Balaban J connectivity index is 1.53. The van der Waals surface area contributed by atoms with Crippen LogP contribution in [0.1, 0.15) is 30.3 Å². The van der Waals surface area contributed by atoms with Crippen molar-refractivity contribution in [3.63, 3.8) is 0 Å². The largest absolute Gasteiger partial charge is 0.489 e. The van der Waals surface area contributed by atoms with E-state index in [2.05, 4.69) is 9.97 Å². The van der Waals surface area contributed by atoms with E-state index in [0.29, 0.717) is 53.1 Å². The Kier molecular flexibility index (Phi) is 7.13. The normalized spacial score (nSPS) is 11.4. The van der Waals surface area contributed by atoms with Gasteiger partial charge in [0.1, 0.15) is 23.6 Å². The lowest BCUT2D eigenvalue weighted by molar-refractivity contribution is -0.141. The lowest BCUT2D eigenvalue weighted by atomic mass is 10.1. The van der Waals surface area contributed by atoms with Crippen LogP contribution in [-0.2, 0) is 17.9 Å². The van der Waals surface area contributed by atoms with Gasteiger partial charge in [0, 0.05) is 36.7 Å². The highest BCUT2D eigenvalue weighted by atomic mass is 16.7. The summed E-state index contributed by atoms with van der Waals surface area (Å²) in [5.41, 5.74) is 11.5. The summed E-state index contributed by atoms with van der Waals surface area (Å²) in [5.74, 6) is 0.0666. The van der Waals surface area contributed by atoms with Gasteiger partial charge in [-0.25, -0.2) is 19.7 Å². The molecule has 0 radical (unpaired) electrons. The van der Waals surface area contributed by atoms with Gasteiger partial charge in [0.25, 0.3) is 0 Å². The first-order valence-corrected chi connectivity index (χ1v) is 13.7. The van der Waals surface area contributed by atoms with Crippen molar-refractivity contribution in [1.82, 2.24) is 24.2 Å². The second-order valence-electron chi connectivity index (χ2n) is 10.2. The van der Waals surface area contributed by atoms with Crippen LogP contribution in [0.2, 0.25) is 0 Å². The number of aryl methyl sites for hydroxylation is 3. The van der Waals surface area contributed by atoms with Crippen LogP contribution in [0.4, 0.5) is 0 Å². The van der Waals surface area contributed by atoms with E-state index >= 15 is 0 Å². The second-order valence-corrected chi connectivity index (χ2v) is 10.2. The van der Waals surface area contributed by atoms with Crippen LogP contribution in [0.5, 0.6) is 5.75 Å². The Morgan fingerprint density at radius 3 is 2.36 bits per heavy atom. The highest BCUT2D eigenvalue weighted by molar-refractivity contribution is 5.98. The van der Waals surface area contributed by atoms with Crippen molar-refractivity contribution < 1.29 is 14.4 Å². The maximum Gasteiger partial charge on any atom is 0.330 e. The van der Waals surface area contributed by atoms with Crippen LogP contribution in [0.15, 0.2) is 71.7 Å². The summed E-state index contributed by atoms with van der Waals surface area (Å²) in [5, 5.41) is 0.810. The molecule has 212 valence electrons. The van der Waals surface area contributed by atoms with Crippen LogP contribution >= 0.6 is 0 Å². The van der Waals surface area contributed by atoms with Crippen molar-refractivity contribution in [1.29, 1.82) is 0 Å². The Morgan fingerprint density at radius 2 is 1.64 bits per heavy atom. The molecule has 0 saturated carbocycles. The van der Waals surface area contributed by atoms with E-state index in [1.807, 2.05) is 73.1 Å². The molecule has 2 N–H and O–H groups in total. The van der Waals surface area contributed by atoms with Crippen molar-refractivity contribution in [3.8, 4) is 17.0 Å². The molecule has 0 bridgehead atoms. The molecule has 6 aromatic rings. The van der Waals surface area contributed by atoms with Crippen molar-refractivity contribution in [2.75, 3.05) is 6.54 Å². The summed E-state index contributed by atoms with van der Waals surface area (Å²) in [6.45, 7) is 6.59. The van der Waals surface area contributed by atoms with Gasteiger partial charge < -0.3 is 19.9 Å². The summed E-state index contributed by atoms with van der Waals surface area (Å²) < 4.78 is 9.13. The minimum Gasteiger partial charge on any atom is -0.489 e. The Labute approximate surface area is 241 Å². The molecule has 6 rings (SSSR count). The summed E-state index contributed by atoms with van der Waals surface area (Å²) in [6.07, 6.45) is 2.63. The quantitative estimate of drug-likeness (QED) is 0.269. The predicted molar refractivity (Wildman–Crippen MR) is 161 cm³/mol. The third kappa shape index (κ3) is 5.08. The number of nitrogens with zero attached hydrogens (tertiary/aromatic N) is 5. The number of ether oxygens (including phenoxy) is 1. The Hall–Kier alpha value is -5.09. The average molecular weight is 563 g/mol. The SMILES string of the molecule is CC(=O)On1c(=O)c(-c2cn(CCCN)c3cc(OCc4ccccc4)ccc23)nc2cc3nc(C)c(C)nc3cc21. The smallest absolute Gasteiger partial charge is 0.330 e. The minimum atomic E-state index is -0.632. The molecule has 3 heterocycles. The van der Waals surface area contributed by atoms with Gasteiger partial charge in [0.2, 0.25) is 0 Å². The fourth-order valence-corrected chi connectivity index (χ4v) is 5.02. The first kappa shape index (κ1) is 27.1. The maximum absolute atomic E-state index is 13.9. The minimum absolute atomic E-state index is 0.148. The molecule has 10 heteroatoms. The zero-order chi connectivity index (χ0) is 29.4. The summed E-state index contributed by atoms with van der Waals surface area (Å²) >= 11 is 0. The fraction of sp³-hybridized carbons (Fsp3) is 0.219. The molecule has 42 heavy (non-hydrogen) atoms. The van der Waals surface area contributed by atoms with Crippen molar-refractivity contribution in [2.24, 2.45) is 5.73 Å². The van der Waals surface area contributed by atoms with Gasteiger partial charge in [-0.15, -0.1) is 4.73 Å². The molecule has 0 spiro atoms. The molecule has 0 saturated heterocycles. The number of rotatable bonds is 8. The molecular weight excluding hydrogens is 532 g/mol. The van der Waals surface area contributed by atoms with Crippen LogP contribution in [-0.4, -0.2) is 36.8 Å². The Morgan fingerprint density at radius 1 is 0.905 bits per heavy atom. The third-order valence-corrected chi connectivity index (χ3v) is 7.19. The zero-order valence-corrected chi connectivity index (χ0v) is 23.6. The van der Waals surface area contributed by atoms with Crippen molar-refractivity contribution >= 4 is 38.9 Å². The number of hydrogen-bond acceptors (Lipinski definition) is 8. The zero-order valence-electron chi connectivity index (χ0n) is 23.6. The fourth-order valence-electron chi connectivity index (χ4n) is 5.02. The predicted octanol–water partition coefficient (Wildman–Crippen LogP) is 4.48. The Bertz CT molecular complexity index is 2030. The van der Waals surface area contributed by atoms with E-state index < -0.39 is 11.5 Å². The van der Waals surface area contributed by atoms with Crippen molar-refractivity contribution in [3.05, 3.63) is 94.2 Å². The summed E-state index contributed by atoms with van der Waals surface area (Å²) in [4.78, 5) is 45.5. The lowest BCUT2D eigenvalue weighted by Crippen LogP contribution is -2.31. The average Bonchev–Trinajstić information content (AvgIpc) is 3.34. The lowest BCUT2D eigenvalue weighted by Gasteiger charge is -2.12. The molecule has 0 aliphatic heterocycles. The molecule has 0 aliphatic rings. The van der Waals surface area contributed by atoms with Crippen LogP contribution in [0.3, 0.4) is 0 Å². The number of carbonyl (C=O) groups is 1. The van der Waals surface area contributed by atoms with Gasteiger partial charge in [0.05, 0.1) is 33.5 Å². The molecule has 0 amide bonds. The molecule has 0 atom stereocenters. The summed E-state index contributed by atoms with van der Waals surface area (Å²) in [6, 6.07) is 19.1. The van der Waals surface area contributed by atoms with Gasteiger partial charge in [-0.1, -0.05) is 30.3 Å². The van der Waals surface area contributed by atoms with Crippen LogP contribution < -0.4 is 20.9 Å². The molecular formula is C32H30N6O4. The number of benzene rings is 3. The van der Waals surface area contributed by atoms with Crippen LogP contribution in [0, 0.1) is 13.8 Å². The standard InChI is InChI=1S/C32H30N6O4/c1-19-20(2)35-27-16-30-28(15-26(27)34-19)36-31(32(40)38(30)42-21(3)39)25-17-37(13-7-12-33)29-14-23(10-11-24(25)29)41-18-22-8-5-4-6-9-22/h4-6,8-11,14-17H,7,12-13,18,33H2,1-3H3. The maximum atomic E-state index is 13.9. The second kappa shape index (κ2) is 11.1. The number of aromatic nitrogens is 5. The summed E-state index contributed by atoms with van der Waals surface area (Å²) in [7, 11) is 0. The highest BCUT2D eigenvalue weighted by Gasteiger charge is 2.21. The van der Waals surface area contributed by atoms with Gasteiger partial charge in [-0.3, -0.25) is 4.79 Å². The van der Waals surface area contributed by atoms with Gasteiger partial charge in [0.15, 0.2) is 0 Å². The van der Waals surface area contributed by atoms with Gasteiger partial charge in [-0.2, -0.15) is 0 Å².